The molecule has 0 bridgehead atoms. The molecule has 90 valence electrons. The lowest BCUT2D eigenvalue weighted by atomic mass is 10.3. The summed E-state index contributed by atoms with van der Waals surface area (Å²) in [5.74, 6) is 0.588. The van der Waals surface area contributed by atoms with Crippen LogP contribution in [0.4, 0.5) is 10.1 Å². The Hall–Kier alpha value is -2.36. The van der Waals surface area contributed by atoms with Crippen LogP contribution in [0, 0.1) is 5.82 Å². The summed E-state index contributed by atoms with van der Waals surface area (Å²) in [6.07, 6.45) is 0. The molecule has 0 aliphatic heterocycles. The molecule has 0 aliphatic carbocycles. The van der Waals surface area contributed by atoms with Gasteiger partial charge in [-0.1, -0.05) is 18.2 Å². The summed E-state index contributed by atoms with van der Waals surface area (Å²) in [6, 6.07) is 14.2. The third-order valence-electron chi connectivity index (χ3n) is 2.72. The summed E-state index contributed by atoms with van der Waals surface area (Å²) in [6.45, 7) is 0.540. The number of hydrogen-bond donors (Lipinski definition) is 2. The number of imidazole rings is 1. The number of nitrogens with zero attached hydrogens (tertiary/aromatic N) is 1. The third-order valence-corrected chi connectivity index (χ3v) is 2.72. The SMILES string of the molecule is Fc1cccc(NCc2nc3ccccc3[nH]2)c1. The number of nitrogens with one attached hydrogen (secondary N) is 2. The largest absolute Gasteiger partial charge is 0.378 e. The Bertz CT molecular complexity index is 642. The van der Waals surface area contributed by atoms with Gasteiger partial charge in [-0.3, -0.25) is 0 Å². The summed E-state index contributed by atoms with van der Waals surface area (Å²) >= 11 is 0. The normalized spacial score (nSPS) is 10.7. The molecule has 18 heavy (non-hydrogen) atoms. The van der Waals surface area contributed by atoms with Crippen LogP contribution < -0.4 is 5.32 Å². The first kappa shape index (κ1) is 10.8. The summed E-state index contributed by atoms with van der Waals surface area (Å²) in [7, 11) is 0. The van der Waals surface area contributed by atoms with Crippen LogP contribution in [0.5, 0.6) is 0 Å². The molecule has 0 saturated heterocycles. The molecule has 0 saturated carbocycles. The number of rotatable bonds is 3. The fourth-order valence-corrected chi connectivity index (χ4v) is 1.87. The molecule has 2 aromatic carbocycles. The molecule has 1 aromatic heterocycles. The number of halogens is 1. The highest BCUT2D eigenvalue weighted by Crippen LogP contribution is 2.13. The average molecular weight is 241 g/mol. The number of aromatic amines is 1. The zero-order chi connectivity index (χ0) is 12.4. The van der Waals surface area contributed by atoms with Gasteiger partial charge in [0.05, 0.1) is 17.6 Å². The molecule has 0 unspecified atom stereocenters. The minimum Gasteiger partial charge on any atom is -0.378 e. The van der Waals surface area contributed by atoms with Gasteiger partial charge >= 0.3 is 0 Å². The van der Waals surface area contributed by atoms with E-state index in [2.05, 4.69) is 15.3 Å². The van der Waals surface area contributed by atoms with Gasteiger partial charge in [-0.05, 0) is 30.3 Å². The highest BCUT2D eigenvalue weighted by molar-refractivity contribution is 5.74. The maximum absolute atomic E-state index is 13.0. The van der Waals surface area contributed by atoms with Gasteiger partial charge in [-0.2, -0.15) is 0 Å². The van der Waals surface area contributed by atoms with Crippen LogP contribution in [0.3, 0.4) is 0 Å². The van der Waals surface area contributed by atoms with Gasteiger partial charge < -0.3 is 10.3 Å². The van der Waals surface area contributed by atoms with Crippen molar-refractivity contribution in [3.63, 3.8) is 0 Å². The number of hydrogen-bond acceptors (Lipinski definition) is 2. The van der Waals surface area contributed by atoms with E-state index in [1.54, 1.807) is 6.07 Å². The van der Waals surface area contributed by atoms with Crippen LogP contribution in [0.1, 0.15) is 5.82 Å². The van der Waals surface area contributed by atoms with E-state index in [4.69, 9.17) is 0 Å². The maximum Gasteiger partial charge on any atom is 0.126 e. The average Bonchev–Trinajstić information content (AvgIpc) is 2.79. The summed E-state index contributed by atoms with van der Waals surface area (Å²) in [5, 5.41) is 3.13. The molecule has 3 nitrogen and oxygen atoms in total. The summed E-state index contributed by atoms with van der Waals surface area (Å²) < 4.78 is 13.0. The number of H-pyrrole nitrogens is 1. The molecule has 3 rings (SSSR count). The molecule has 0 fully saturated rings. The molecule has 3 aromatic rings. The lowest BCUT2D eigenvalue weighted by molar-refractivity contribution is 0.628. The summed E-state index contributed by atoms with van der Waals surface area (Å²) in [4.78, 5) is 7.65. The number of anilines is 1. The third kappa shape index (κ3) is 2.18. The monoisotopic (exact) mass is 241 g/mol. The lowest BCUT2D eigenvalue weighted by Gasteiger charge is -2.03. The Morgan fingerprint density at radius 2 is 2.00 bits per heavy atom. The van der Waals surface area contributed by atoms with E-state index in [9.17, 15) is 4.39 Å². The molecule has 0 atom stereocenters. The number of fused-ring (bicyclic) bond motifs is 1. The van der Waals surface area contributed by atoms with E-state index in [1.165, 1.54) is 12.1 Å². The lowest BCUT2D eigenvalue weighted by Crippen LogP contribution is -2.01. The van der Waals surface area contributed by atoms with Gasteiger partial charge in [-0.15, -0.1) is 0 Å². The quantitative estimate of drug-likeness (QED) is 0.738. The van der Waals surface area contributed by atoms with Crippen molar-refractivity contribution in [2.24, 2.45) is 0 Å². The van der Waals surface area contributed by atoms with Crippen molar-refractivity contribution >= 4 is 16.7 Å². The highest BCUT2D eigenvalue weighted by Gasteiger charge is 2.01. The van der Waals surface area contributed by atoms with Crippen molar-refractivity contribution < 1.29 is 4.39 Å². The molecule has 4 heteroatoms. The smallest absolute Gasteiger partial charge is 0.126 e. The fraction of sp³-hybridized carbons (Fsp3) is 0.0714. The highest BCUT2D eigenvalue weighted by atomic mass is 19.1. The van der Waals surface area contributed by atoms with E-state index in [1.807, 2.05) is 30.3 Å². The number of benzene rings is 2. The van der Waals surface area contributed by atoms with Crippen LogP contribution in [0.25, 0.3) is 11.0 Å². The Morgan fingerprint density at radius 3 is 2.83 bits per heavy atom. The molecule has 0 amide bonds. The second kappa shape index (κ2) is 4.49. The number of para-hydroxylation sites is 2. The Labute approximate surface area is 104 Å². The maximum atomic E-state index is 13.0. The second-order valence-electron chi connectivity index (χ2n) is 4.06. The van der Waals surface area contributed by atoms with Crippen molar-refractivity contribution in [3.8, 4) is 0 Å². The minimum atomic E-state index is -0.246. The molecule has 0 spiro atoms. The molecule has 0 radical (unpaired) electrons. The Morgan fingerprint density at radius 1 is 1.11 bits per heavy atom. The van der Waals surface area contributed by atoms with Gasteiger partial charge in [0.15, 0.2) is 0 Å². The minimum absolute atomic E-state index is 0.246. The summed E-state index contributed by atoms with van der Waals surface area (Å²) in [5.41, 5.74) is 2.69. The topological polar surface area (TPSA) is 40.7 Å². The van der Waals surface area contributed by atoms with Crippen molar-refractivity contribution in [3.05, 3.63) is 60.2 Å². The van der Waals surface area contributed by atoms with Crippen molar-refractivity contribution in [1.29, 1.82) is 0 Å². The van der Waals surface area contributed by atoms with E-state index < -0.39 is 0 Å². The standard InChI is InChI=1S/C14H12FN3/c15-10-4-3-5-11(8-10)16-9-14-17-12-6-1-2-7-13(12)18-14/h1-8,16H,9H2,(H,17,18). The van der Waals surface area contributed by atoms with Crippen LogP contribution in [-0.2, 0) is 6.54 Å². The first-order chi connectivity index (χ1) is 8.81. The Balaban J connectivity index is 1.76. The van der Waals surface area contributed by atoms with Crippen LogP contribution in [0.15, 0.2) is 48.5 Å². The molecular weight excluding hydrogens is 229 g/mol. The molecule has 0 aliphatic rings. The van der Waals surface area contributed by atoms with Crippen LogP contribution in [-0.4, -0.2) is 9.97 Å². The van der Waals surface area contributed by atoms with E-state index in [0.717, 1.165) is 22.5 Å². The second-order valence-corrected chi connectivity index (χ2v) is 4.06. The van der Waals surface area contributed by atoms with Gasteiger partial charge in [0.2, 0.25) is 0 Å². The van der Waals surface area contributed by atoms with Gasteiger partial charge in [0.25, 0.3) is 0 Å². The van der Waals surface area contributed by atoms with E-state index in [0.29, 0.717) is 6.54 Å². The predicted octanol–water partition coefficient (Wildman–Crippen LogP) is 3.31. The van der Waals surface area contributed by atoms with Gasteiger partial charge in [0, 0.05) is 5.69 Å². The zero-order valence-electron chi connectivity index (χ0n) is 9.65. The molecular formula is C14H12FN3. The van der Waals surface area contributed by atoms with Crippen molar-refractivity contribution in [1.82, 2.24) is 9.97 Å². The van der Waals surface area contributed by atoms with E-state index >= 15 is 0 Å². The van der Waals surface area contributed by atoms with Crippen LogP contribution >= 0.6 is 0 Å². The first-order valence-electron chi connectivity index (χ1n) is 5.74. The van der Waals surface area contributed by atoms with Gasteiger partial charge in [0.1, 0.15) is 11.6 Å². The number of aromatic nitrogens is 2. The van der Waals surface area contributed by atoms with Crippen LogP contribution in [0.2, 0.25) is 0 Å². The predicted molar refractivity (Wildman–Crippen MR) is 69.8 cm³/mol. The zero-order valence-corrected chi connectivity index (χ0v) is 9.65. The van der Waals surface area contributed by atoms with E-state index in [-0.39, 0.29) is 5.82 Å². The van der Waals surface area contributed by atoms with Crippen molar-refractivity contribution in [2.75, 3.05) is 5.32 Å². The molecule has 1 heterocycles. The van der Waals surface area contributed by atoms with Crippen molar-refractivity contribution in [2.45, 2.75) is 6.54 Å². The Kier molecular flexibility index (Phi) is 2.68. The fourth-order valence-electron chi connectivity index (χ4n) is 1.87. The van der Waals surface area contributed by atoms with Gasteiger partial charge in [-0.25, -0.2) is 9.37 Å². The molecule has 2 N–H and O–H groups in total. The first-order valence-corrected chi connectivity index (χ1v) is 5.74.